The average molecular weight is 477 g/mol. The number of aromatic nitrogens is 3. The van der Waals surface area contributed by atoms with Crippen molar-refractivity contribution in [3.8, 4) is 17.5 Å². The van der Waals surface area contributed by atoms with Gasteiger partial charge in [-0.25, -0.2) is 9.37 Å². The maximum atomic E-state index is 13.8. The fourth-order valence-electron chi connectivity index (χ4n) is 4.36. The maximum absolute atomic E-state index is 13.8. The van der Waals surface area contributed by atoms with Crippen LogP contribution in [0.5, 0.6) is 5.75 Å². The first-order valence-electron chi connectivity index (χ1n) is 11.7. The maximum Gasteiger partial charge on any atom is 0.149 e. The van der Waals surface area contributed by atoms with E-state index >= 15 is 0 Å². The highest BCUT2D eigenvalue weighted by molar-refractivity contribution is 5.91. The smallest absolute Gasteiger partial charge is 0.149 e. The van der Waals surface area contributed by atoms with Crippen molar-refractivity contribution in [3.05, 3.63) is 113 Å². The predicted octanol–water partition coefficient (Wildman–Crippen LogP) is 7.06. The van der Waals surface area contributed by atoms with Gasteiger partial charge >= 0.3 is 0 Å². The summed E-state index contributed by atoms with van der Waals surface area (Å²) < 4.78 is 21.8. The van der Waals surface area contributed by atoms with Crippen molar-refractivity contribution in [3.63, 3.8) is 0 Å². The summed E-state index contributed by atoms with van der Waals surface area (Å²) in [7, 11) is 0. The predicted molar refractivity (Wildman–Crippen MR) is 140 cm³/mol. The molecule has 0 aliphatic heterocycles. The number of hydrogen-bond acceptors (Lipinski definition) is 3. The largest absolute Gasteiger partial charge is 0.489 e. The minimum atomic E-state index is -0.275. The summed E-state index contributed by atoms with van der Waals surface area (Å²) in [6.07, 6.45) is 1.87. The fraction of sp³-hybridized carbons (Fsp3) is 0.133. The van der Waals surface area contributed by atoms with Crippen molar-refractivity contribution in [1.29, 1.82) is 5.26 Å². The van der Waals surface area contributed by atoms with Gasteiger partial charge in [0, 0.05) is 22.6 Å². The molecule has 0 saturated heterocycles. The minimum absolute atomic E-state index is 0.167. The minimum Gasteiger partial charge on any atom is -0.489 e. The third-order valence-electron chi connectivity index (χ3n) is 6.23. The highest BCUT2D eigenvalue weighted by Crippen LogP contribution is 2.27. The monoisotopic (exact) mass is 476 g/mol. The number of nitrogens with zero attached hydrogens (tertiary/aromatic N) is 3. The Hall–Kier alpha value is -4.63. The lowest BCUT2D eigenvalue weighted by Crippen LogP contribution is -2.01. The van der Waals surface area contributed by atoms with Gasteiger partial charge in [0.2, 0.25) is 0 Å². The number of ether oxygens (including phenoxy) is 1. The van der Waals surface area contributed by atoms with Crippen LogP contribution in [0.15, 0.2) is 72.8 Å². The van der Waals surface area contributed by atoms with Crippen molar-refractivity contribution in [2.24, 2.45) is 0 Å². The van der Waals surface area contributed by atoms with Gasteiger partial charge in [0.15, 0.2) is 0 Å². The van der Waals surface area contributed by atoms with Crippen molar-refractivity contribution >= 4 is 22.7 Å². The Morgan fingerprint density at radius 2 is 1.83 bits per heavy atom. The van der Waals surface area contributed by atoms with Crippen molar-refractivity contribution in [1.82, 2.24) is 14.5 Å². The zero-order valence-electron chi connectivity index (χ0n) is 20.3. The summed E-state index contributed by atoms with van der Waals surface area (Å²) in [5, 5.41) is 9.86. The van der Waals surface area contributed by atoms with Gasteiger partial charge in [0.1, 0.15) is 30.1 Å². The highest BCUT2D eigenvalue weighted by Gasteiger charge is 2.13. The summed E-state index contributed by atoms with van der Waals surface area (Å²) in [5.41, 5.74) is 7.83. The standard InChI is InChI=1S/C30H25FN4O/c1-19-8-13-28-29(14-19)34-30(33-28)24(17-32)16-23-15-20(2)35(21(23)3)25-9-11-26(12-10-25)36-18-22-6-4-5-7-27(22)31/h4-16H,18H2,1-3H3,(H,33,34). The molecule has 0 spiro atoms. The number of rotatable bonds is 6. The van der Waals surface area contributed by atoms with Crippen LogP contribution >= 0.6 is 0 Å². The van der Waals surface area contributed by atoms with Crippen molar-refractivity contribution < 1.29 is 9.13 Å². The number of H-pyrrole nitrogens is 1. The highest BCUT2D eigenvalue weighted by atomic mass is 19.1. The zero-order valence-corrected chi connectivity index (χ0v) is 20.3. The summed E-state index contributed by atoms with van der Waals surface area (Å²) in [6, 6.07) is 24.6. The van der Waals surface area contributed by atoms with Crippen molar-refractivity contribution in [2.45, 2.75) is 27.4 Å². The van der Waals surface area contributed by atoms with Crippen LogP contribution < -0.4 is 4.74 Å². The molecule has 36 heavy (non-hydrogen) atoms. The van der Waals surface area contributed by atoms with Crippen LogP contribution in [0.3, 0.4) is 0 Å². The number of aryl methyl sites for hydroxylation is 2. The average Bonchev–Trinajstić information content (AvgIpc) is 3.41. The quantitative estimate of drug-likeness (QED) is 0.267. The topological polar surface area (TPSA) is 66.6 Å². The second kappa shape index (κ2) is 9.55. The lowest BCUT2D eigenvalue weighted by Gasteiger charge is -2.12. The number of benzene rings is 3. The molecule has 1 N–H and O–H groups in total. The Balaban J connectivity index is 1.40. The summed E-state index contributed by atoms with van der Waals surface area (Å²) in [4.78, 5) is 7.87. The van der Waals surface area contributed by atoms with E-state index < -0.39 is 0 Å². The van der Waals surface area contributed by atoms with Crippen LogP contribution in [0, 0.1) is 37.9 Å². The molecule has 178 valence electrons. The molecular weight excluding hydrogens is 451 g/mol. The van der Waals surface area contributed by atoms with Crippen LogP contribution in [0.2, 0.25) is 0 Å². The third kappa shape index (κ3) is 4.51. The zero-order chi connectivity index (χ0) is 25.2. The summed E-state index contributed by atoms with van der Waals surface area (Å²) in [6.45, 7) is 6.25. The molecular formula is C30H25FN4O. The number of nitrogens with one attached hydrogen (secondary N) is 1. The Morgan fingerprint density at radius 1 is 1.06 bits per heavy atom. The number of allylic oxidation sites excluding steroid dienone is 1. The van der Waals surface area contributed by atoms with Gasteiger partial charge in [-0.3, -0.25) is 0 Å². The van der Waals surface area contributed by atoms with Gasteiger partial charge in [-0.05, 0) is 86.5 Å². The molecule has 5 rings (SSSR count). The van der Waals surface area contributed by atoms with Crippen LogP contribution in [0.1, 0.15) is 33.9 Å². The first-order valence-corrected chi connectivity index (χ1v) is 11.7. The summed E-state index contributed by atoms with van der Waals surface area (Å²) >= 11 is 0. The van der Waals surface area contributed by atoms with Gasteiger partial charge in [0.25, 0.3) is 0 Å². The van der Waals surface area contributed by atoms with Gasteiger partial charge in [-0.2, -0.15) is 5.26 Å². The molecule has 0 atom stereocenters. The van der Waals surface area contributed by atoms with E-state index in [2.05, 4.69) is 26.7 Å². The lowest BCUT2D eigenvalue weighted by atomic mass is 10.1. The number of halogens is 1. The van der Waals surface area contributed by atoms with E-state index in [1.54, 1.807) is 18.2 Å². The Morgan fingerprint density at radius 3 is 2.58 bits per heavy atom. The first kappa shape index (κ1) is 23.1. The molecule has 0 aliphatic rings. The van der Waals surface area contributed by atoms with Crippen molar-refractivity contribution in [2.75, 3.05) is 0 Å². The molecule has 3 aromatic carbocycles. The molecule has 2 heterocycles. The fourth-order valence-corrected chi connectivity index (χ4v) is 4.36. The second-order valence-corrected chi connectivity index (χ2v) is 8.81. The number of imidazole rings is 1. The third-order valence-corrected chi connectivity index (χ3v) is 6.23. The Bertz CT molecular complexity index is 1630. The SMILES string of the molecule is Cc1ccc2nc(C(C#N)=Cc3cc(C)n(-c4ccc(OCc5ccccc5F)cc4)c3C)[nH]c2c1. The number of aromatic amines is 1. The molecule has 6 heteroatoms. The molecule has 0 saturated carbocycles. The van der Waals surface area contributed by atoms with Gasteiger partial charge in [0.05, 0.1) is 16.6 Å². The molecule has 0 bridgehead atoms. The van der Waals surface area contributed by atoms with Gasteiger partial charge in [-0.15, -0.1) is 0 Å². The van der Waals surface area contributed by atoms with E-state index in [4.69, 9.17) is 4.74 Å². The van der Waals surface area contributed by atoms with E-state index in [9.17, 15) is 9.65 Å². The van der Waals surface area contributed by atoms with Gasteiger partial charge in [-0.1, -0.05) is 24.3 Å². The van der Waals surface area contributed by atoms with E-state index in [1.165, 1.54) is 6.07 Å². The molecule has 5 nitrogen and oxygen atoms in total. The molecule has 5 aromatic rings. The Labute approximate surface area is 209 Å². The molecule has 0 fully saturated rings. The van der Waals surface area contributed by atoms with Crippen LogP contribution in [0.4, 0.5) is 4.39 Å². The summed E-state index contributed by atoms with van der Waals surface area (Å²) in [5.74, 6) is 0.943. The molecule has 0 amide bonds. The molecule has 0 radical (unpaired) electrons. The van der Waals surface area contributed by atoms with Crippen LogP contribution in [0.25, 0.3) is 28.4 Å². The van der Waals surface area contributed by atoms with Crippen LogP contribution in [-0.4, -0.2) is 14.5 Å². The van der Waals surface area contributed by atoms with E-state index in [0.29, 0.717) is 22.7 Å². The Kier molecular flexibility index (Phi) is 6.14. The first-order chi connectivity index (χ1) is 17.4. The number of nitriles is 1. The lowest BCUT2D eigenvalue weighted by molar-refractivity contribution is 0.300. The van der Waals surface area contributed by atoms with Gasteiger partial charge < -0.3 is 14.3 Å². The van der Waals surface area contributed by atoms with Crippen LogP contribution in [-0.2, 0) is 6.61 Å². The molecule has 0 unspecified atom stereocenters. The molecule has 0 aliphatic carbocycles. The number of fused-ring (bicyclic) bond motifs is 1. The van der Waals surface area contributed by atoms with E-state index in [-0.39, 0.29) is 12.4 Å². The second-order valence-electron chi connectivity index (χ2n) is 8.81. The molecule has 2 aromatic heterocycles. The number of hydrogen-bond donors (Lipinski definition) is 1. The van der Waals surface area contributed by atoms with E-state index in [0.717, 1.165) is 39.2 Å². The van der Waals surface area contributed by atoms with E-state index in [1.807, 2.05) is 69.3 Å². The normalized spacial score (nSPS) is 11.6.